The number of urea groups is 1. The van der Waals surface area contributed by atoms with Gasteiger partial charge in [-0.15, -0.1) is 11.3 Å². The molecule has 2 rings (SSSR count). The molecule has 0 radical (unpaired) electrons. The Kier molecular flexibility index (Phi) is 4.31. The van der Waals surface area contributed by atoms with E-state index in [4.69, 9.17) is 5.11 Å². The van der Waals surface area contributed by atoms with E-state index in [2.05, 4.69) is 10.3 Å². The zero-order valence-corrected chi connectivity index (χ0v) is 11.6. The minimum Gasteiger partial charge on any atom is -0.478 e. The highest BCUT2D eigenvalue weighted by Gasteiger charge is 2.17. The number of anilines is 1. The van der Waals surface area contributed by atoms with E-state index in [1.165, 1.54) is 29.4 Å². The van der Waals surface area contributed by atoms with Gasteiger partial charge in [0.1, 0.15) is 0 Å². The Morgan fingerprint density at radius 3 is 2.80 bits per heavy atom. The average molecular weight is 291 g/mol. The summed E-state index contributed by atoms with van der Waals surface area (Å²) in [4.78, 5) is 28.5. The fraction of sp³-hybridized carbons (Fsp3) is 0.154. The second-order valence-electron chi connectivity index (χ2n) is 4.02. The van der Waals surface area contributed by atoms with Gasteiger partial charge in [-0.05, 0) is 12.1 Å². The Hall–Kier alpha value is -2.41. The maximum Gasteiger partial charge on any atom is 0.337 e. The molecule has 0 bridgehead atoms. The molecule has 0 aliphatic carbocycles. The van der Waals surface area contributed by atoms with Crippen LogP contribution in [0.15, 0.2) is 35.2 Å². The molecule has 20 heavy (non-hydrogen) atoms. The van der Waals surface area contributed by atoms with Gasteiger partial charge in [-0.1, -0.05) is 12.1 Å². The molecule has 1 aromatic carbocycles. The molecule has 0 aliphatic rings. The Morgan fingerprint density at radius 2 is 2.15 bits per heavy atom. The monoisotopic (exact) mass is 291 g/mol. The molecule has 104 valence electrons. The lowest BCUT2D eigenvalue weighted by Gasteiger charge is -2.19. The number of rotatable bonds is 4. The maximum atomic E-state index is 12.0. The first-order valence-corrected chi connectivity index (χ1v) is 6.75. The summed E-state index contributed by atoms with van der Waals surface area (Å²) in [6.45, 7) is 0.307. The Morgan fingerprint density at radius 1 is 1.40 bits per heavy atom. The maximum absolute atomic E-state index is 12.0. The zero-order chi connectivity index (χ0) is 14.5. The van der Waals surface area contributed by atoms with Crippen molar-refractivity contribution in [3.05, 3.63) is 46.4 Å². The number of carbonyl (C=O) groups excluding carboxylic acids is 1. The van der Waals surface area contributed by atoms with E-state index in [1.54, 1.807) is 23.7 Å². The van der Waals surface area contributed by atoms with Crippen molar-refractivity contribution in [2.45, 2.75) is 6.54 Å². The van der Waals surface area contributed by atoms with Crippen LogP contribution in [0.25, 0.3) is 0 Å². The van der Waals surface area contributed by atoms with Crippen molar-refractivity contribution >= 4 is 29.0 Å². The lowest BCUT2D eigenvalue weighted by atomic mass is 10.1. The third-order valence-electron chi connectivity index (χ3n) is 2.70. The summed E-state index contributed by atoms with van der Waals surface area (Å²) in [6, 6.07) is 5.97. The van der Waals surface area contributed by atoms with E-state index in [0.717, 1.165) is 5.69 Å². The number of amides is 2. The standard InChI is InChI=1S/C13H13N3O3S/c1-16(11-5-3-2-4-10(11)12(17)18)13(19)14-6-9-7-20-8-15-9/h2-5,7-8H,6H2,1H3,(H,14,19)(H,17,18). The highest BCUT2D eigenvalue weighted by Crippen LogP contribution is 2.19. The van der Waals surface area contributed by atoms with Crippen LogP contribution in [0.4, 0.5) is 10.5 Å². The van der Waals surface area contributed by atoms with E-state index >= 15 is 0 Å². The van der Waals surface area contributed by atoms with Gasteiger partial charge in [0.25, 0.3) is 0 Å². The molecule has 0 spiro atoms. The van der Waals surface area contributed by atoms with Crippen molar-refractivity contribution in [3.8, 4) is 0 Å². The molecular formula is C13H13N3O3S. The van der Waals surface area contributed by atoms with Crippen molar-refractivity contribution < 1.29 is 14.7 Å². The summed E-state index contributed by atoms with van der Waals surface area (Å²) in [6.07, 6.45) is 0. The fourth-order valence-corrected chi connectivity index (χ4v) is 2.22. The molecule has 0 saturated carbocycles. The SMILES string of the molecule is CN(C(=O)NCc1cscn1)c1ccccc1C(=O)O. The highest BCUT2D eigenvalue weighted by atomic mass is 32.1. The van der Waals surface area contributed by atoms with E-state index in [0.29, 0.717) is 12.2 Å². The molecule has 1 aromatic heterocycles. The highest BCUT2D eigenvalue weighted by molar-refractivity contribution is 7.07. The summed E-state index contributed by atoms with van der Waals surface area (Å²) in [7, 11) is 1.53. The first kappa shape index (κ1) is 14.0. The Labute approximate surface area is 119 Å². The predicted octanol–water partition coefficient (Wildman–Crippen LogP) is 2.19. The number of benzene rings is 1. The quantitative estimate of drug-likeness (QED) is 0.904. The Balaban J connectivity index is 2.08. The molecular weight excluding hydrogens is 278 g/mol. The van der Waals surface area contributed by atoms with Crippen LogP contribution < -0.4 is 10.2 Å². The summed E-state index contributed by atoms with van der Waals surface area (Å²) < 4.78 is 0. The van der Waals surface area contributed by atoms with Crippen LogP contribution in [0.2, 0.25) is 0 Å². The average Bonchev–Trinajstić information content (AvgIpc) is 2.97. The van der Waals surface area contributed by atoms with Gasteiger partial charge >= 0.3 is 12.0 Å². The number of carboxylic acid groups (broad SMARTS) is 1. The van der Waals surface area contributed by atoms with Gasteiger partial charge in [-0.25, -0.2) is 14.6 Å². The zero-order valence-electron chi connectivity index (χ0n) is 10.7. The minimum absolute atomic E-state index is 0.0822. The number of aromatic carboxylic acids is 1. The van der Waals surface area contributed by atoms with E-state index < -0.39 is 5.97 Å². The van der Waals surface area contributed by atoms with Gasteiger partial charge in [0.15, 0.2) is 0 Å². The largest absolute Gasteiger partial charge is 0.478 e. The molecule has 2 aromatic rings. The third-order valence-corrected chi connectivity index (χ3v) is 3.34. The molecule has 7 heteroatoms. The molecule has 0 aliphatic heterocycles. The number of nitrogens with zero attached hydrogens (tertiary/aromatic N) is 2. The van der Waals surface area contributed by atoms with E-state index in [1.807, 2.05) is 5.38 Å². The number of hydrogen-bond donors (Lipinski definition) is 2. The predicted molar refractivity (Wildman–Crippen MR) is 76.2 cm³/mol. The number of carboxylic acids is 1. The number of nitrogens with one attached hydrogen (secondary N) is 1. The van der Waals surface area contributed by atoms with Crippen molar-refractivity contribution in [3.63, 3.8) is 0 Å². The summed E-state index contributed by atoms with van der Waals surface area (Å²) in [5.74, 6) is -1.07. The molecule has 6 nitrogen and oxygen atoms in total. The lowest BCUT2D eigenvalue weighted by molar-refractivity contribution is 0.0697. The number of hydrogen-bond acceptors (Lipinski definition) is 4. The van der Waals surface area contributed by atoms with Crippen LogP contribution >= 0.6 is 11.3 Å². The number of aromatic nitrogens is 1. The topological polar surface area (TPSA) is 82.5 Å². The van der Waals surface area contributed by atoms with Crippen LogP contribution in [0.1, 0.15) is 16.1 Å². The van der Waals surface area contributed by atoms with Gasteiger partial charge in [0.2, 0.25) is 0 Å². The molecule has 0 atom stereocenters. The minimum atomic E-state index is -1.07. The van der Waals surface area contributed by atoms with Crippen LogP contribution in [0, 0.1) is 0 Å². The molecule has 0 unspecified atom stereocenters. The van der Waals surface area contributed by atoms with Crippen molar-refractivity contribution in [1.29, 1.82) is 0 Å². The fourth-order valence-electron chi connectivity index (χ4n) is 1.67. The normalized spacial score (nSPS) is 10.1. The molecule has 1 heterocycles. The summed E-state index contributed by atoms with van der Waals surface area (Å²) in [5.41, 5.74) is 2.88. The first-order chi connectivity index (χ1) is 9.59. The van der Waals surface area contributed by atoms with Crippen LogP contribution in [0.3, 0.4) is 0 Å². The van der Waals surface area contributed by atoms with Crippen molar-refractivity contribution in [2.24, 2.45) is 0 Å². The third kappa shape index (κ3) is 3.12. The van der Waals surface area contributed by atoms with Crippen molar-refractivity contribution in [2.75, 3.05) is 11.9 Å². The smallest absolute Gasteiger partial charge is 0.337 e. The van der Waals surface area contributed by atoms with Crippen LogP contribution in [-0.4, -0.2) is 29.1 Å². The Bertz CT molecular complexity index is 613. The van der Waals surface area contributed by atoms with E-state index in [9.17, 15) is 9.59 Å². The van der Waals surface area contributed by atoms with Gasteiger partial charge in [-0.2, -0.15) is 0 Å². The first-order valence-electron chi connectivity index (χ1n) is 5.80. The van der Waals surface area contributed by atoms with Gasteiger partial charge in [0, 0.05) is 12.4 Å². The summed E-state index contributed by atoms with van der Waals surface area (Å²) >= 11 is 1.45. The van der Waals surface area contributed by atoms with Crippen LogP contribution in [-0.2, 0) is 6.54 Å². The van der Waals surface area contributed by atoms with Gasteiger partial charge in [0.05, 0.1) is 29.0 Å². The second kappa shape index (κ2) is 6.16. The summed E-state index contributed by atoms with van der Waals surface area (Å²) in [5, 5.41) is 13.6. The molecule has 2 amide bonds. The van der Waals surface area contributed by atoms with Gasteiger partial charge < -0.3 is 10.4 Å². The lowest BCUT2D eigenvalue weighted by Crippen LogP contribution is -2.37. The number of thiazole rings is 1. The van der Waals surface area contributed by atoms with Gasteiger partial charge in [-0.3, -0.25) is 4.90 Å². The number of para-hydroxylation sites is 1. The second-order valence-corrected chi connectivity index (χ2v) is 4.74. The number of carbonyl (C=O) groups is 2. The molecule has 0 saturated heterocycles. The van der Waals surface area contributed by atoms with E-state index in [-0.39, 0.29) is 11.6 Å². The van der Waals surface area contributed by atoms with Crippen molar-refractivity contribution in [1.82, 2.24) is 10.3 Å². The van der Waals surface area contributed by atoms with Crippen LogP contribution in [0.5, 0.6) is 0 Å². The molecule has 0 fully saturated rings. The molecule has 2 N–H and O–H groups in total.